The van der Waals surface area contributed by atoms with Crippen LogP contribution < -0.4 is 0 Å². The Labute approximate surface area is 495 Å². The van der Waals surface area contributed by atoms with Gasteiger partial charge >= 0.3 is 71.6 Å². The summed E-state index contributed by atoms with van der Waals surface area (Å²) in [6.07, 6.45) is -0.335. The lowest BCUT2D eigenvalue weighted by atomic mass is 9.59. The lowest BCUT2D eigenvalue weighted by Gasteiger charge is -2.43. The molecule has 3 saturated heterocycles. The molecule has 474 valence electrons. The van der Waals surface area contributed by atoms with E-state index < -0.39 is 165 Å². The Balaban J connectivity index is 0.000000185. The van der Waals surface area contributed by atoms with Crippen molar-refractivity contribution in [2.24, 2.45) is 78.3 Å². The Morgan fingerprint density at radius 1 is 0.541 bits per heavy atom. The molecular formula is C61H86O24. The van der Waals surface area contributed by atoms with Crippen molar-refractivity contribution in [2.45, 2.75) is 192 Å². The number of esters is 12. The van der Waals surface area contributed by atoms with E-state index >= 15 is 0 Å². The van der Waals surface area contributed by atoms with Crippen molar-refractivity contribution in [3.05, 3.63) is 0 Å². The maximum atomic E-state index is 12.9. The molecule has 0 aromatic heterocycles. The van der Waals surface area contributed by atoms with Crippen molar-refractivity contribution in [1.82, 2.24) is 0 Å². The van der Waals surface area contributed by atoms with E-state index in [9.17, 15) is 57.5 Å². The van der Waals surface area contributed by atoms with E-state index in [1.54, 1.807) is 55.4 Å². The van der Waals surface area contributed by atoms with Gasteiger partial charge in [0.25, 0.3) is 0 Å². The summed E-state index contributed by atoms with van der Waals surface area (Å²) >= 11 is 0. The number of hydrogen-bond acceptors (Lipinski definition) is 24. The summed E-state index contributed by atoms with van der Waals surface area (Å²) in [5, 5.41) is 0. The van der Waals surface area contributed by atoms with Crippen LogP contribution >= 0.6 is 0 Å². The Kier molecular flexibility index (Phi) is 17.9. The normalized spacial score (nSPS) is 35.8. The van der Waals surface area contributed by atoms with Crippen LogP contribution in [0.15, 0.2) is 0 Å². The van der Waals surface area contributed by atoms with E-state index in [0.717, 1.165) is 6.42 Å². The first-order valence-electron chi connectivity index (χ1n) is 29.3. The Morgan fingerprint density at radius 2 is 1.00 bits per heavy atom. The molecule has 6 saturated carbocycles. The van der Waals surface area contributed by atoms with Crippen LogP contribution in [-0.2, 0) is 114 Å². The predicted octanol–water partition coefficient (Wildman–Crippen LogP) is 5.45. The van der Waals surface area contributed by atoms with Gasteiger partial charge in [-0.15, -0.1) is 0 Å². The van der Waals surface area contributed by atoms with Gasteiger partial charge in [0.05, 0.1) is 50.9 Å². The standard InChI is InChI=1S/C23H32O10.C19H26O8.C19H28O6/c1-7-20(4,5)18(27)29-8-15(26)32-16-17-23(12-31-14(3)25)10-22(16,11-30-13(2)24)9-21(23,6)19(28)33-17;1-6-18(2,3)16(22)25-8-11(20)26-13-9-7-10-14(13)27-17(23)19(10,4)12(9)15(21)24-5;1-7-17(2,3)15(21)23-9-12(20)24-13-10-8-11-14(13)25-16(22)19(11,6)18(10,4)5/h16-17H,7-12H2,1-6H3;9-10,12-14H,6-8H2,1-5H3;10-11,13-14H,7-9H2,1-6H3. The molecule has 9 fully saturated rings. The molecule has 3 aliphatic heterocycles. The molecule has 0 aromatic rings. The second kappa shape index (κ2) is 23.1. The maximum absolute atomic E-state index is 12.9. The van der Waals surface area contributed by atoms with Crippen LogP contribution in [0.1, 0.15) is 156 Å². The third-order valence-electron chi connectivity index (χ3n) is 21.7. The van der Waals surface area contributed by atoms with E-state index in [2.05, 4.69) is 0 Å². The molecule has 6 bridgehead atoms. The molecule has 16 unspecified atom stereocenters. The molecule has 0 radical (unpaired) electrons. The van der Waals surface area contributed by atoms with Crippen LogP contribution in [0.4, 0.5) is 0 Å². The Hall–Kier alpha value is -6.36. The molecule has 24 heteroatoms. The quantitative estimate of drug-likeness (QED) is 0.108. The lowest BCUT2D eigenvalue weighted by molar-refractivity contribution is -0.183. The fourth-order valence-electron chi connectivity index (χ4n) is 14.9. The summed E-state index contributed by atoms with van der Waals surface area (Å²) in [7, 11) is 1.27. The summed E-state index contributed by atoms with van der Waals surface area (Å²) in [6, 6.07) is 0. The van der Waals surface area contributed by atoms with Crippen molar-refractivity contribution in [3.8, 4) is 0 Å². The number of hydrogen-bond donors (Lipinski definition) is 0. The van der Waals surface area contributed by atoms with Crippen molar-refractivity contribution < 1.29 is 114 Å². The van der Waals surface area contributed by atoms with Crippen LogP contribution in [0.5, 0.6) is 0 Å². The zero-order valence-corrected chi connectivity index (χ0v) is 52.1. The van der Waals surface area contributed by atoms with Gasteiger partial charge in [0.15, 0.2) is 19.8 Å². The van der Waals surface area contributed by atoms with Crippen LogP contribution in [0.3, 0.4) is 0 Å². The fourth-order valence-corrected chi connectivity index (χ4v) is 14.9. The molecule has 6 aliphatic carbocycles. The summed E-state index contributed by atoms with van der Waals surface area (Å²) in [6.45, 7) is 26.4. The second-order valence-electron chi connectivity index (χ2n) is 27.8. The number of carbonyl (C=O) groups is 12. The van der Waals surface area contributed by atoms with E-state index in [1.807, 2.05) is 41.5 Å². The molecule has 9 aliphatic rings. The Bertz CT molecular complexity index is 2760. The van der Waals surface area contributed by atoms with Crippen molar-refractivity contribution >= 4 is 71.6 Å². The van der Waals surface area contributed by atoms with E-state index in [1.165, 1.54) is 21.0 Å². The van der Waals surface area contributed by atoms with Crippen LogP contribution in [0, 0.1) is 78.3 Å². The largest absolute Gasteiger partial charge is 0.469 e. The van der Waals surface area contributed by atoms with Gasteiger partial charge in [-0.2, -0.15) is 0 Å². The average molecular weight is 1200 g/mol. The van der Waals surface area contributed by atoms with Gasteiger partial charge in [0.1, 0.15) is 49.8 Å². The van der Waals surface area contributed by atoms with Gasteiger partial charge in [-0.25, -0.2) is 14.4 Å². The van der Waals surface area contributed by atoms with Crippen LogP contribution in [-0.4, -0.2) is 148 Å². The molecule has 0 amide bonds. The van der Waals surface area contributed by atoms with Gasteiger partial charge < -0.3 is 56.8 Å². The monoisotopic (exact) mass is 1200 g/mol. The highest BCUT2D eigenvalue weighted by atomic mass is 16.6. The number of ether oxygens (including phenoxy) is 12. The van der Waals surface area contributed by atoms with Crippen LogP contribution in [0.2, 0.25) is 0 Å². The van der Waals surface area contributed by atoms with E-state index in [0.29, 0.717) is 32.1 Å². The smallest absolute Gasteiger partial charge is 0.344 e. The Morgan fingerprint density at radius 3 is 1.48 bits per heavy atom. The molecular weight excluding hydrogens is 1120 g/mol. The van der Waals surface area contributed by atoms with E-state index in [-0.39, 0.29) is 60.8 Å². The number of methoxy groups -OCH3 is 1. The number of carbonyl (C=O) groups excluding carboxylic acids is 12. The third-order valence-corrected chi connectivity index (χ3v) is 21.7. The topological polar surface area (TPSA) is 316 Å². The van der Waals surface area contributed by atoms with Gasteiger partial charge in [-0.05, 0) is 113 Å². The molecule has 24 nitrogen and oxygen atoms in total. The average Bonchev–Trinajstić information content (AvgIpc) is 1.52. The number of rotatable bonds is 20. The molecule has 16 atom stereocenters. The van der Waals surface area contributed by atoms with Gasteiger partial charge in [0, 0.05) is 42.9 Å². The molecule has 0 spiro atoms. The summed E-state index contributed by atoms with van der Waals surface area (Å²) in [5.41, 5.74) is -6.64. The summed E-state index contributed by atoms with van der Waals surface area (Å²) in [4.78, 5) is 146. The minimum Gasteiger partial charge on any atom is -0.469 e. The summed E-state index contributed by atoms with van der Waals surface area (Å²) < 4.78 is 64.2. The fraction of sp³-hybridized carbons (Fsp3) is 0.803. The third kappa shape index (κ3) is 10.9. The summed E-state index contributed by atoms with van der Waals surface area (Å²) in [5.74, 6) is -7.28. The lowest BCUT2D eigenvalue weighted by Crippen LogP contribution is -2.53. The zero-order chi connectivity index (χ0) is 63.7. The van der Waals surface area contributed by atoms with Gasteiger partial charge in [-0.1, -0.05) is 34.6 Å². The zero-order valence-electron chi connectivity index (χ0n) is 52.1. The second-order valence-corrected chi connectivity index (χ2v) is 27.8. The molecule has 9 rings (SSSR count). The maximum Gasteiger partial charge on any atom is 0.344 e. The highest BCUT2D eigenvalue weighted by Crippen LogP contribution is 2.75. The van der Waals surface area contributed by atoms with Crippen molar-refractivity contribution in [2.75, 3.05) is 40.1 Å². The highest BCUT2D eigenvalue weighted by molar-refractivity contribution is 5.90. The van der Waals surface area contributed by atoms with E-state index in [4.69, 9.17) is 56.8 Å². The molecule has 3 heterocycles. The number of fused-ring (bicyclic) bond motifs is 3. The van der Waals surface area contributed by atoms with Crippen molar-refractivity contribution in [3.63, 3.8) is 0 Å². The first-order valence-corrected chi connectivity index (χ1v) is 29.3. The van der Waals surface area contributed by atoms with Gasteiger partial charge in [0.2, 0.25) is 0 Å². The molecule has 0 aromatic carbocycles. The minimum absolute atomic E-state index is 0.0747. The molecule has 0 N–H and O–H groups in total. The highest BCUT2D eigenvalue weighted by Gasteiger charge is 2.84. The minimum atomic E-state index is -0.992. The predicted molar refractivity (Wildman–Crippen MR) is 289 cm³/mol. The first kappa shape index (κ1) is 66.2. The SMILES string of the molecule is CCC(C)(C)C(=O)OCC(=O)OC1C2CC3C1OC(=O)C3(C)C2C(=O)OC.CCC(C)(C)C(=O)OCC(=O)OC1C2OC(=O)C3(C)C2CC1C3(C)C.CCC(C)(C)C(=O)OCC(=O)OC1C2OC(=O)C3(C)CC1(COC(C)=O)CC23COC(C)=O. The van der Waals surface area contributed by atoms with Crippen LogP contribution in [0.25, 0.3) is 0 Å². The van der Waals surface area contributed by atoms with Crippen molar-refractivity contribution in [1.29, 1.82) is 0 Å². The van der Waals surface area contributed by atoms with Gasteiger partial charge in [-0.3, -0.25) is 43.2 Å². The molecule has 85 heavy (non-hydrogen) atoms. The first-order chi connectivity index (χ1) is 39.3.